The lowest BCUT2D eigenvalue weighted by molar-refractivity contribution is -0.120. The van der Waals surface area contributed by atoms with E-state index in [1.807, 2.05) is 13.8 Å². The Balaban J connectivity index is 3.06. The van der Waals surface area contributed by atoms with E-state index in [4.69, 9.17) is 5.73 Å². The van der Waals surface area contributed by atoms with E-state index < -0.39 is 23.4 Å². The number of rotatable bonds is 6. The molecular weight excluding hydrogens is 270 g/mol. The molecule has 4 N–H and O–H groups in total. The maximum Gasteiger partial charge on any atom is 0.261 e. The van der Waals surface area contributed by atoms with Crippen molar-refractivity contribution in [2.45, 2.75) is 53.0 Å². The number of primary amides is 1. The Kier molecular flexibility index (Phi) is 5.69. The van der Waals surface area contributed by atoms with Crippen LogP contribution in [0.2, 0.25) is 0 Å². The van der Waals surface area contributed by atoms with Gasteiger partial charge in [0.1, 0.15) is 11.6 Å². The smallest absolute Gasteiger partial charge is 0.261 e. The maximum absolute atomic E-state index is 12.3. The third-order valence-electron chi connectivity index (χ3n) is 3.75. The molecule has 0 aliphatic rings. The highest BCUT2D eigenvalue weighted by molar-refractivity contribution is 5.98. The molecule has 0 aromatic carbocycles. The van der Waals surface area contributed by atoms with E-state index in [0.29, 0.717) is 12.0 Å². The Labute approximate surface area is 124 Å². The quantitative estimate of drug-likeness (QED) is 0.730. The molecule has 1 atom stereocenters. The molecule has 0 unspecified atom stereocenters. The molecule has 1 heterocycles. The monoisotopic (exact) mass is 293 g/mol. The molecule has 1 aromatic heterocycles. The molecule has 6 nitrogen and oxygen atoms in total. The van der Waals surface area contributed by atoms with Gasteiger partial charge in [0, 0.05) is 5.69 Å². The summed E-state index contributed by atoms with van der Waals surface area (Å²) in [5.41, 5.74) is 7.08. The summed E-state index contributed by atoms with van der Waals surface area (Å²) in [5, 5.41) is 2.56. The Morgan fingerprint density at radius 2 is 1.86 bits per heavy atom. The van der Waals surface area contributed by atoms with Crippen molar-refractivity contribution in [3.63, 3.8) is 0 Å². The molecule has 0 spiro atoms. The third-order valence-corrected chi connectivity index (χ3v) is 3.75. The summed E-state index contributed by atoms with van der Waals surface area (Å²) >= 11 is 0. The first kappa shape index (κ1) is 16.9. The van der Waals surface area contributed by atoms with E-state index in [0.717, 1.165) is 24.1 Å². The topological polar surface area (TPSA) is 105 Å². The summed E-state index contributed by atoms with van der Waals surface area (Å²) in [6.07, 6.45) is 2.14. The summed E-state index contributed by atoms with van der Waals surface area (Å²) in [7, 11) is 0. The van der Waals surface area contributed by atoms with Crippen molar-refractivity contribution in [1.29, 1.82) is 0 Å². The first-order valence-corrected chi connectivity index (χ1v) is 7.09. The van der Waals surface area contributed by atoms with Crippen molar-refractivity contribution >= 4 is 11.8 Å². The zero-order valence-corrected chi connectivity index (χ0v) is 13.0. The number of aromatic amines is 1. The van der Waals surface area contributed by atoms with Gasteiger partial charge < -0.3 is 16.0 Å². The van der Waals surface area contributed by atoms with E-state index in [1.54, 1.807) is 13.8 Å². The van der Waals surface area contributed by atoms with Gasteiger partial charge in [-0.15, -0.1) is 0 Å². The number of aromatic nitrogens is 1. The van der Waals surface area contributed by atoms with Gasteiger partial charge in [-0.2, -0.15) is 0 Å². The molecule has 21 heavy (non-hydrogen) atoms. The van der Waals surface area contributed by atoms with Gasteiger partial charge in [0.05, 0.1) is 0 Å². The standard InChI is InChI=1S/C15H23N3O3/c1-5-6-7-11(13(16)19)18-15(21)12-9(3)8(2)10(4)17-14(12)20/h11H,5-7H2,1-4H3,(H2,16,19)(H,17,20)(H,18,21)/t11-/m0/s1. The minimum atomic E-state index is -0.752. The molecule has 0 fully saturated rings. The Hall–Kier alpha value is -2.11. The second-order valence-electron chi connectivity index (χ2n) is 5.27. The Morgan fingerprint density at radius 1 is 1.24 bits per heavy atom. The number of carbonyl (C=O) groups excluding carboxylic acids is 2. The minimum Gasteiger partial charge on any atom is -0.368 e. The molecule has 116 valence electrons. The van der Waals surface area contributed by atoms with Crippen LogP contribution < -0.4 is 16.6 Å². The summed E-state index contributed by atoms with van der Waals surface area (Å²) in [5.74, 6) is -1.15. The van der Waals surface area contributed by atoms with Crippen molar-refractivity contribution < 1.29 is 9.59 Å². The molecule has 0 aliphatic carbocycles. The third kappa shape index (κ3) is 3.93. The number of hydrogen-bond donors (Lipinski definition) is 3. The van der Waals surface area contributed by atoms with Crippen LogP contribution in [0.4, 0.5) is 0 Å². The average Bonchev–Trinajstić information content (AvgIpc) is 2.40. The lowest BCUT2D eigenvalue weighted by Gasteiger charge is -2.16. The van der Waals surface area contributed by atoms with E-state index in [1.165, 1.54) is 0 Å². The van der Waals surface area contributed by atoms with Crippen molar-refractivity contribution in [2.75, 3.05) is 0 Å². The molecule has 0 aliphatic heterocycles. The number of nitrogens with two attached hydrogens (primary N) is 1. The number of aryl methyl sites for hydroxylation is 1. The Bertz CT molecular complexity index is 605. The SMILES string of the molecule is CCCC[C@H](NC(=O)c1c(C)c(C)c(C)[nH]c1=O)C(N)=O. The second kappa shape index (κ2) is 7.06. The van der Waals surface area contributed by atoms with Crippen molar-refractivity contribution in [2.24, 2.45) is 5.73 Å². The summed E-state index contributed by atoms with van der Waals surface area (Å²) in [6.45, 7) is 7.31. The van der Waals surface area contributed by atoms with Crippen LogP contribution in [0.5, 0.6) is 0 Å². The van der Waals surface area contributed by atoms with Gasteiger partial charge in [-0.3, -0.25) is 14.4 Å². The number of amides is 2. The van der Waals surface area contributed by atoms with Gasteiger partial charge in [-0.25, -0.2) is 0 Å². The molecule has 0 saturated heterocycles. The largest absolute Gasteiger partial charge is 0.368 e. The van der Waals surface area contributed by atoms with Crippen LogP contribution in [0.1, 0.15) is 53.4 Å². The van der Waals surface area contributed by atoms with Crippen LogP contribution >= 0.6 is 0 Å². The summed E-state index contributed by atoms with van der Waals surface area (Å²) in [4.78, 5) is 38.3. The van der Waals surface area contributed by atoms with Gasteiger partial charge in [0.25, 0.3) is 11.5 Å². The number of nitrogens with one attached hydrogen (secondary N) is 2. The zero-order valence-electron chi connectivity index (χ0n) is 13.0. The number of pyridine rings is 1. The fourth-order valence-corrected chi connectivity index (χ4v) is 2.16. The molecule has 0 bridgehead atoms. The summed E-state index contributed by atoms with van der Waals surface area (Å²) in [6, 6.07) is -0.752. The van der Waals surface area contributed by atoms with E-state index in [-0.39, 0.29) is 5.56 Å². The van der Waals surface area contributed by atoms with Crippen LogP contribution in [0, 0.1) is 20.8 Å². The van der Waals surface area contributed by atoms with Gasteiger partial charge in [-0.05, 0) is 38.3 Å². The average molecular weight is 293 g/mol. The van der Waals surface area contributed by atoms with Crippen LogP contribution in [-0.4, -0.2) is 22.8 Å². The van der Waals surface area contributed by atoms with E-state index >= 15 is 0 Å². The number of carbonyl (C=O) groups is 2. The van der Waals surface area contributed by atoms with Crippen molar-refractivity contribution in [3.8, 4) is 0 Å². The molecule has 0 radical (unpaired) electrons. The highest BCUT2D eigenvalue weighted by Crippen LogP contribution is 2.12. The van der Waals surface area contributed by atoms with Gasteiger partial charge in [0.15, 0.2) is 0 Å². The Morgan fingerprint density at radius 3 is 2.38 bits per heavy atom. The lowest BCUT2D eigenvalue weighted by Crippen LogP contribution is -2.46. The van der Waals surface area contributed by atoms with E-state index in [2.05, 4.69) is 10.3 Å². The first-order valence-electron chi connectivity index (χ1n) is 7.09. The van der Waals surface area contributed by atoms with Crippen LogP contribution in [0.3, 0.4) is 0 Å². The molecule has 1 rings (SSSR count). The highest BCUT2D eigenvalue weighted by Gasteiger charge is 2.22. The minimum absolute atomic E-state index is 0.0425. The second-order valence-corrected chi connectivity index (χ2v) is 5.27. The van der Waals surface area contributed by atoms with Crippen LogP contribution in [0.25, 0.3) is 0 Å². The van der Waals surface area contributed by atoms with Gasteiger partial charge in [0.2, 0.25) is 5.91 Å². The molecule has 1 aromatic rings. The highest BCUT2D eigenvalue weighted by atomic mass is 16.2. The number of H-pyrrole nitrogens is 1. The number of hydrogen-bond acceptors (Lipinski definition) is 3. The van der Waals surface area contributed by atoms with Gasteiger partial charge in [-0.1, -0.05) is 19.8 Å². The van der Waals surface area contributed by atoms with Crippen LogP contribution in [-0.2, 0) is 4.79 Å². The normalized spacial score (nSPS) is 12.0. The fourth-order valence-electron chi connectivity index (χ4n) is 2.16. The zero-order chi connectivity index (χ0) is 16.2. The number of unbranched alkanes of at least 4 members (excludes halogenated alkanes) is 1. The van der Waals surface area contributed by atoms with Crippen LogP contribution in [0.15, 0.2) is 4.79 Å². The maximum atomic E-state index is 12.3. The van der Waals surface area contributed by atoms with Crippen molar-refractivity contribution in [3.05, 3.63) is 32.7 Å². The van der Waals surface area contributed by atoms with Crippen molar-refractivity contribution in [1.82, 2.24) is 10.3 Å². The predicted molar refractivity (Wildman–Crippen MR) is 81.2 cm³/mol. The fraction of sp³-hybridized carbons (Fsp3) is 0.533. The van der Waals surface area contributed by atoms with Gasteiger partial charge >= 0.3 is 0 Å². The van der Waals surface area contributed by atoms with E-state index in [9.17, 15) is 14.4 Å². The predicted octanol–water partition coefficient (Wildman–Crippen LogP) is 1.07. The molecule has 2 amide bonds. The summed E-state index contributed by atoms with van der Waals surface area (Å²) < 4.78 is 0. The first-order chi connectivity index (χ1) is 9.79. The molecular formula is C15H23N3O3. The molecule has 0 saturated carbocycles. The lowest BCUT2D eigenvalue weighted by atomic mass is 10.0. The molecule has 6 heteroatoms.